The summed E-state index contributed by atoms with van der Waals surface area (Å²) < 4.78 is 30.4. The van der Waals surface area contributed by atoms with Crippen LogP contribution in [0.5, 0.6) is 0 Å². The van der Waals surface area contributed by atoms with Crippen molar-refractivity contribution in [2.75, 3.05) is 0 Å². The van der Waals surface area contributed by atoms with Gasteiger partial charge in [-0.15, -0.1) is 0 Å². The van der Waals surface area contributed by atoms with Gasteiger partial charge in [-0.05, 0) is 89.3 Å². The summed E-state index contributed by atoms with van der Waals surface area (Å²) in [5, 5.41) is 25.0. The maximum atomic E-state index is 14.6. The molecule has 0 amide bonds. The van der Waals surface area contributed by atoms with E-state index in [0.717, 1.165) is 65.6 Å². The van der Waals surface area contributed by atoms with Crippen molar-refractivity contribution in [3.05, 3.63) is 125 Å². The van der Waals surface area contributed by atoms with Gasteiger partial charge in [-0.2, -0.15) is 5.26 Å². The molecule has 1 heterocycles. The Kier molecular flexibility index (Phi) is 7.00. The molecule has 0 saturated heterocycles. The lowest BCUT2D eigenvalue weighted by Crippen LogP contribution is -2.05. The number of hydrogen-bond acceptors (Lipinski definition) is 3. The fourth-order valence-electron chi connectivity index (χ4n) is 6.41. The first-order chi connectivity index (χ1) is 21.7. The summed E-state index contributed by atoms with van der Waals surface area (Å²) in [6.07, 6.45) is 0. The van der Waals surface area contributed by atoms with Gasteiger partial charge in [-0.3, -0.25) is 3.97 Å². The molecule has 1 aromatic heterocycles. The van der Waals surface area contributed by atoms with Crippen LogP contribution < -0.4 is 0 Å². The number of alkyl halides is 1. The maximum absolute atomic E-state index is 14.6. The normalized spacial score (nSPS) is 13.0. The number of carbonyl (C=O) groups is 1. The van der Waals surface area contributed by atoms with Crippen LogP contribution in [0.2, 0.25) is 0 Å². The molecule has 0 aliphatic rings. The molecule has 3 unspecified atom stereocenters. The van der Waals surface area contributed by atoms with Crippen LogP contribution in [0, 0.1) is 25.2 Å². The van der Waals surface area contributed by atoms with Crippen molar-refractivity contribution in [3.63, 3.8) is 0 Å². The molecule has 220 valence electrons. The minimum absolute atomic E-state index is 0.202. The lowest BCUT2D eigenvalue weighted by molar-refractivity contribution is 0.0696. The third-order valence-electron chi connectivity index (χ3n) is 8.43. The first kappa shape index (κ1) is 28.9. The van der Waals surface area contributed by atoms with Gasteiger partial charge >= 0.3 is 5.97 Å². The highest BCUT2D eigenvalue weighted by atomic mass is 32.2. The molecule has 3 atom stereocenters. The van der Waals surface area contributed by atoms with Crippen molar-refractivity contribution in [3.8, 4) is 17.2 Å². The van der Waals surface area contributed by atoms with Crippen LogP contribution in [-0.2, 0) is 11.0 Å². The minimum Gasteiger partial charge on any atom is -0.478 e. The summed E-state index contributed by atoms with van der Waals surface area (Å²) in [5.74, 6) is -2.22. The molecule has 8 heteroatoms. The van der Waals surface area contributed by atoms with E-state index in [0.29, 0.717) is 16.0 Å². The molecule has 0 fully saturated rings. The number of aromatic carboxylic acids is 1. The van der Waals surface area contributed by atoms with Gasteiger partial charge in [0.1, 0.15) is 5.91 Å². The molecule has 0 radical (unpaired) electrons. The first-order valence-corrected chi connectivity index (χ1v) is 16.1. The molecule has 5 nitrogen and oxygen atoms in total. The Hall–Kier alpha value is -4.89. The van der Waals surface area contributed by atoms with Crippen LogP contribution in [0.1, 0.15) is 38.5 Å². The molecule has 0 aliphatic heterocycles. The number of benzene rings is 6. The summed E-state index contributed by atoms with van der Waals surface area (Å²) in [6, 6.07) is 31.8. The fraction of sp³-hybridized carbons (Fsp3) is 0.0811. The topological polar surface area (TPSA) is 83.1 Å². The average Bonchev–Trinajstić information content (AvgIpc) is 3.38. The van der Waals surface area contributed by atoms with Gasteiger partial charge < -0.3 is 5.11 Å². The number of aromatic nitrogens is 1. The zero-order valence-electron chi connectivity index (χ0n) is 24.3. The van der Waals surface area contributed by atoms with E-state index in [1.165, 1.54) is 0 Å². The van der Waals surface area contributed by atoms with E-state index in [-0.39, 0.29) is 5.56 Å². The van der Waals surface area contributed by atoms with Crippen LogP contribution in [0.25, 0.3) is 54.5 Å². The lowest BCUT2D eigenvalue weighted by atomic mass is 9.88. The van der Waals surface area contributed by atoms with Crippen LogP contribution in [0.4, 0.5) is 4.39 Å². The van der Waals surface area contributed by atoms with Gasteiger partial charge in [0, 0.05) is 21.5 Å². The number of fused-ring (bicyclic) bond motifs is 8. The molecule has 0 bridgehead atoms. The number of nitriles is 1. The van der Waals surface area contributed by atoms with E-state index in [1.807, 2.05) is 66.4 Å². The average molecular weight is 629 g/mol. The van der Waals surface area contributed by atoms with Crippen LogP contribution in [-0.4, -0.2) is 19.3 Å². The molecule has 0 saturated carbocycles. The largest absolute Gasteiger partial charge is 0.478 e. The highest BCUT2D eigenvalue weighted by Gasteiger charge is 2.25. The summed E-state index contributed by atoms with van der Waals surface area (Å²) in [7, 11) is 0.407. The molecule has 0 spiro atoms. The molecule has 7 rings (SSSR count). The van der Waals surface area contributed by atoms with Crippen molar-refractivity contribution in [2.24, 2.45) is 0 Å². The van der Waals surface area contributed by atoms with Crippen molar-refractivity contribution >= 4 is 69.5 Å². The quantitative estimate of drug-likeness (QED) is 0.152. The Morgan fingerprint density at radius 3 is 2.29 bits per heavy atom. The zero-order valence-corrected chi connectivity index (χ0v) is 26.3. The highest BCUT2D eigenvalue weighted by Crippen LogP contribution is 2.46. The van der Waals surface area contributed by atoms with Crippen molar-refractivity contribution in [1.29, 1.82) is 5.26 Å². The predicted octanol–water partition coefficient (Wildman–Crippen LogP) is 9.37. The number of rotatable bonds is 5. The SMILES string of the molecule is Cc1ccc2c(c1)c1c3c(C#N)cccc3c3c(-c4ccc(C(=O)O)cc4C)cccc3c1n2S(=O)c1ccc(C(F)P)cc1. The molecule has 45 heavy (non-hydrogen) atoms. The summed E-state index contributed by atoms with van der Waals surface area (Å²) in [5.41, 5.74) is 6.21. The third kappa shape index (κ3) is 4.52. The van der Waals surface area contributed by atoms with E-state index >= 15 is 0 Å². The smallest absolute Gasteiger partial charge is 0.335 e. The second kappa shape index (κ2) is 10.9. The second-order valence-corrected chi connectivity index (χ2v) is 13.1. The van der Waals surface area contributed by atoms with Crippen LogP contribution >= 0.6 is 9.24 Å². The zero-order chi connectivity index (χ0) is 31.6. The van der Waals surface area contributed by atoms with Crippen LogP contribution in [0.3, 0.4) is 0 Å². The predicted molar refractivity (Wildman–Crippen MR) is 183 cm³/mol. The highest BCUT2D eigenvalue weighted by molar-refractivity contribution is 7.84. The summed E-state index contributed by atoms with van der Waals surface area (Å²) >= 11 is 0. The summed E-state index contributed by atoms with van der Waals surface area (Å²) in [6.45, 7) is 3.89. The fourth-order valence-corrected chi connectivity index (χ4v) is 7.90. The number of carboxylic acids is 1. The molecular formula is C37H26FN2O3PS. The van der Waals surface area contributed by atoms with E-state index < -0.39 is 22.9 Å². The van der Waals surface area contributed by atoms with Gasteiger partial charge in [-0.1, -0.05) is 69.4 Å². The van der Waals surface area contributed by atoms with Crippen molar-refractivity contribution in [2.45, 2.75) is 24.7 Å². The molecule has 7 aromatic rings. The molecule has 6 aromatic carbocycles. The maximum Gasteiger partial charge on any atom is 0.335 e. The monoisotopic (exact) mass is 628 g/mol. The number of halogens is 1. The lowest BCUT2D eigenvalue weighted by Gasteiger charge is -2.16. The van der Waals surface area contributed by atoms with Gasteiger partial charge in [0.05, 0.1) is 33.1 Å². The number of hydrogen-bond donors (Lipinski definition) is 1. The third-order valence-corrected chi connectivity index (χ3v) is 10.2. The molecular weight excluding hydrogens is 602 g/mol. The number of carboxylic acid groups (broad SMARTS) is 1. The summed E-state index contributed by atoms with van der Waals surface area (Å²) in [4.78, 5) is 12.2. The first-order valence-electron chi connectivity index (χ1n) is 14.3. The van der Waals surface area contributed by atoms with Crippen molar-refractivity contribution in [1.82, 2.24) is 3.97 Å². The van der Waals surface area contributed by atoms with Gasteiger partial charge in [0.15, 0.2) is 11.0 Å². The molecule has 0 aliphatic carbocycles. The second-order valence-electron chi connectivity index (χ2n) is 11.2. The van der Waals surface area contributed by atoms with E-state index in [9.17, 15) is 23.8 Å². The standard InChI is InChI=1S/C37H26FN2O3PS/c1-20-9-16-31-30(17-20)34-32-24(19-39)5-3-7-28(32)33-27(26-15-12-23(37(41)42)18-21(26)2)6-4-8-29(33)35(34)40(31)45(43)25-13-10-22(11-14-25)36(38)44/h3-18,36H,44H2,1-2H3,(H,41,42). The minimum atomic E-state index is -1.73. The Bertz CT molecular complexity index is 2440. The number of nitrogens with zero attached hydrogens (tertiary/aromatic N) is 2. The molecule has 1 N–H and O–H groups in total. The van der Waals surface area contributed by atoms with E-state index in [1.54, 1.807) is 42.5 Å². The van der Waals surface area contributed by atoms with Crippen molar-refractivity contribution < 1.29 is 18.5 Å². The van der Waals surface area contributed by atoms with Gasteiger partial charge in [0.2, 0.25) is 0 Å². The Labute approximate surface area is 263 Å². The number of aryl methyl sites for hydroxylation is 2. The van der Waals surface area contributed by atoms with Gasteiger partial charge in [-0.25, -0.2) is 13.4 Å². The Morgan fingerprint density at radius 1 is 0.867 bits per heavy atom. The van der Waals surface area contributed by atoms with Gasteiger partial charge in [0.25, 0.3) is 0 Å². The van der Waals surface area contributed by atoms with Crippen LogP contribution in [0.15, 0.2) is 102 Å². The van der Waals surface area contributed by atoms with E-state index in [2.05, 4.69) is 21.4 Å². The Balaban J connectivity index is 1.69. The Morgan fingerprint density at radius 2 is 1.60 bits per heavy atom. The van der Waals surface area contributed by atoms with E-state index in [4.69, 9.17) is 0 Å².